The van der Waals surface area contributed by atoms with Gasteiger partial charge in [-0.2, -0.15) is 0 Å². The minimum absolute atomic E-state index is 0.000534. The third-order valence-corrected chi connectivity index (χ3v) is 6.46. The minimum atomic E-state index is -1.26. The lowest BCUT2D eigenvalue weighted by Gasteiger charge is -2.26. The molecular formula is C23H35NO7. The zero-order valence-electron chi connectivity index (χ0n) is 18.9. The molecule has 0 unspecified atom stereocenters. The largest absolute Gasteiger partial charge is 0.478 e. The maximum atomic E-state index is 12.5. The van der Waals surface area contributed by atoms with Gasteiger partial charge in [-0.25, -0.2) is 9.59 Å². The Morgan fingerprint density at radius 2 is 1.84 bits per heavy atom. The highest BCUT2D eigenvalue weighted by Crippen LogP contribution is 2.50. The highest BCUT2D eigenvalue weighted by atomic mass is 16.6. The second kappa shape index (κ2) is 10.9. The molecule has 0 bridgehead atoms. The molecule has 8 heteroatoms. The monoisotopic (exact) mass is 437 g/mol. The number of ether oxygens (including phenoxy) is 2. The van der Waals surface area contributed by atoms with Crippen molar-refractivity contribution in [2.24, 2.45) is 11.8 Å². The molecule has 2 heterocycles. The van der Waals surface area contributed by atoms with E-state index in [2.05, 4.69) is 38.7 Å². The molecule has 2 saturated heterocycles. The van der Waals surface area contributed by atoms with Crippen molar-refractivity contribution in [2.45, 2.75) is 71.2 Å². The lowest BCUT2D eigenvalue weighted by Crippen LogP contribution is -2.36. The number of nitrogens with zero attached hydrogens (tertiary/aromatic N) is 1. The van der Waals surface area contributed by atoms with Crippen LogP contribution in [0.15, 0.2) is 23.8 Å². The van der Waals surface area contributed by atoms with Crippen LogP contribution >= 0.6 is 0 Å². The van der Waals surface area contributed by atoms with Crippen molar-refractivity contribution >= 4 is 17.9 Å². The first-order valence-electron chi connectivity index (χ1n) is 11.0. The first kappa shape index (κ1) is 25.1. The fraction of sp³-hybridized carbons (Fsp3) is 0.696. The smallest absolute Gasteiger partial charge is 0.328 e. The van der Waals surface area contributed by atoms with Crippen molar-refractivity contribution in [3.63, 3.8) is 0 Å². The number of rotatable bonds is 6. The van der Waals surface area contributed by atoms with Crippen LogP contribution in [0.4, 0.5) is 0 Å². The van der Waals surface area contributed by atoms with Crippen LogP contribution in [0, 0.1) is 11.8 Å². The van der Waals surface area contributed by atoms with E-state index >= 15 is 0 Å². The molecule has 0 spiro atoms. The quantitative estimate of drug-likeness (QED) is 0.282. The van der Waals surface area contributed by atoms with Gasteiger partial charge in [-0.05, 0) is 52.6 Å². The standard InChI is InChI=1S/C19H31NO3.C4H4O4/c1-5-20(6-2)12-15-14-10-9-13(3)8-7-11-19(4)17(23-19)16(14)22-18(15)21;5-3(6)1-2-4(7)8/h8,14-17H,5-7,9-12H2,1-4H3;1-2H,(H,5,6)(H,7,8)/b13-8+;2-1+/t14-,15-,16-,17-,19+;/m0./s1. The third-order valence-electron chi connectivity index (χ3n) is 6.46. The molecule has 0 amide bonds. The average Bonchev–Trinajstić information content (AvgIpc) is 3.28. The van der Waals surface area contributed by atoms with E-state index in [1.165, 1.54) is 5.57 Å². The average molecular weight is 438 g/mol. The molecule has 2 aliphatic heterocycles. The van der Waals surface area contributed by atoms with Gasteiger partial charge in [-0.15, -0.1) is 0 Å². The van der Waals surface area contributed by atoms with Gasteiger partial charge >= 0.3 is 17.9 Å². The molecule has 5 atom stereocenters. The second-order valence-electron chi connectivity index (χ2n) is 8.65. The second-order valence-corrected chi connectivity index (χ2v) is 8.65. The van der Waals surface area contributed by atoms with E-state index in [-0.39, 0.29) is 35.6 Å². The number of esters is 1. The number of hydrogen-bond donors (Lipinski definition) is 2. The summed E-state index contributed by atoms with van der Waals surface area (Å²) in [6, 6.07) is 0. The Hall–Kier alpha value is -2.19. The normalized spacial score (nSPS) is 34.0. The van der Waals surface area contributed by atoms with E-state index in [4.69, 9.17) is 19.7 Å². The SMILES string of the molecule is CCN(CC)C[C@@H]1C(=O)O[C@H]2[C@H]1CC/C(C)=C/CC[C@@]1(C)O[C@@H]21.O=C(O)/C=C/C(=O)O. The molecule has 1 aliphatic carbocycles. The molecule has 3 rings (SSSR count). The van der Waals surface area contributed by atoms with E-state index in [1.54, 1.807) is 0 Å². The predicted molar refractivity (Wildman–Crippen MR) is 115 cm³/mol. The van der Waals surface area contributed by atoms with Crippen LogP contribution in [0.5, 0.6) is 0 Å². The summed E-state index contributed by atoms with van der Waals surface area (Å²) < 4.78 is 11.9. The number of aliphatic carboxylic acids is 2. The molecule has 0 saturated carbocycles. The third kappa shape index (κ3) is 6.90. The van der Waals surface area contributed by atoms with Gasteiger partial charge in [0.1, 0.15) is 12.2 Å². The van der Waals surface area contributed by atoms with Gasteiger partial charge < -0.3 is 24.6 Å². The maximum absolute atomic E-state index is 12.5. The van der Waals surface area contributed by atoms with Crippen molar-refractivity contribution < 1.29 is 34.1 Å². The van der Waals surface area contributed by atoms with Crippen molar-refractivity contribution in [1.29, 1.82) is 0 Å². The summed E-state index contributed by atoms with van der Waals surface area (Å²) in [5.41, 5.74) is 1.34. The van der Waals surface area contributed by atoms with Crippen molar-refractivity contribution in [3.8, 4) is 0 Å². The highest BCUT2D eigenvalue weighted by Gasteiger charge is 2.62. The van der Waals surface area contributed by atoms with Gasteiger partial charge in [0.2, 0.25) is 0 Å². The van der Waals surface area contributed by atoms with E-state index in [9.17, 15) is 14.4 Å². The minimum Gasteiger partial charge on any atom is -0.478 e. The molecule has 0 aromatic rings. The zero-order chi connectivity index (χ0) is 23.2. The van der Waals surface area contributed by atoms with Crippen LogP contribution in [0.25, 0.3) is 0 Å². The summed E-state index contributed by atoms with van der Waals surface area (Å²) >= 11 is 0. The van der Waals surface area contributed by atoms with Crippen LogP contribution < -0.4 is 0 Å². The topological polar surface area (TPSA) is 117 Å². The molecule has 174 valence electrons. The van der Waals surface area contributed by atoms with Gasteiger partial charge in [0.05, 0.1) is 11.5 Å². The van der Waals surface area contributed by atoms with Crippen molar-refractivity contribution in [1.82, 2.24) is 4.90 Å². The first-order valence-corrected chi connectivity index (χ1v) is 11.0. The number of fused-ring (bicyclic) bond motifs is 3. The van der Waals surface area contributed by atoms with Crippen LogP contribution in [-0.4, -0.2) is 70.5 Å². The molecule has 3 aliphatic rings. The number of carboxylic acid groups (broad SMARTS) is 2. The Morgan fingerprint density at radius 3 is 2.39 bits per heavy atom. The van der Waals surface area contributed by atoms with Crippen LogP contribution in [0.2, 0.25) is 0 Å². The van der Waals surface area contributed by atoms with E-state index in [0.29, 0.717) is 12.2 Å². The van der Waals surface area contributed by atoms with E-state index < -0.39 is 11.9 Å². The Morgan fingerprint density at radius 1 is 1.23 bits per heavy atom. The predicted octanol–water partition coefficient (Wildman–Crippen LogP) is 2.88. The van der Waals surface area contributed by atoms with Crippen molar-refractivity contribution in [3.05, 3.63) is 23.8 Å². The number of carbonyl (C=O) groups is 3. The highest BCUT2D eigenvalue weighted by molar-refractivity contribution is 5.89. The molecule has 0 aromatic heterocycles. The number of hydrogen-bond acceptors (Lipinski definition) is 6. The Balaban J connectivity index is 0.000000366. The Bertz CT molecular complexity index is 711. The summed E-state index contributed by atoms with van der Waals surface area (Å²) in [4.78, 5) is 34.0. The van der Waals surface area contributed by atoms with E-state index in [0.717, 1.165) is 45.3 Å². The van der Waals surface area contributed by atoms with Gasteiger partial charge in [-0.1, -0.05) is 25.5 Å². The molecule has 2 N–H and O–H groups in total. The molecule has 0 radical (unpaired) electrons. The Labute approximate surface area is 183 Å². The molecule has 0 aromatic carbocycles. The van der Waals surface area contributed by atoms with Crippen molar-refractivity contribution in [2.75, 3.05) is 19.6 Å². The van der Waals surface area contributed by atoms with E-state index in [1.807, 2.05) is 0 Å². The number of carboxylic acids is 2. The van der Waals surface area contributed by atoms with Crippen LogP contribution in [0.1, 0.15) is 53.4 Å². The number of epoxide rings is 1. The molecule has 31 heavy (non-hydrogen) atoms. The fourth-order valence-electron chi connectivity index (χ4n) is 4.45. The van der Waals surface area contributed by atoms with Gasteiger partial charge in [0, 0.05) is 24.6 Å². The number of carbonyl (C=O) groups excluding carboxylic acids is 1. The van der Waals surface area contributed by atoms with Crippen LogP contribution in [-0.2, 0) is 23.9 Å². The van der Waals surface area contributed by atoms with Gasteiger partial charge in [-0.3, -0.25) is 4.79 Å². The molecule has 8 nitrogen and oxygen atoms in total. The first-order chi connectivity index (χ1) is 14.6. The molecule has 2 fully saturated rings. The summed E-state index contributed by atoms with van der Waals surface area (Å²) in [5, 5.41) is 15.6. The van der Waals surface area contributed by atoms with Gasteiger partial charge in [0.15, 0.2) is 0 Å². The lowest BCUT2D eigenvalue weighted by atomic mass is 9.80. The lowest BCUT2D eigenvalue weighted by molar-refractivity contribution is -0.145. The summed E-state index contributed by atoms with van der Waals surface area (Å²) in [6.45, 7) is 11.5. The molecular weight excluding hydrogens is 402 g/mol. The number of allylic oxidation sites excluding steroid dienone is 2. The zero-order valence-corrected chi connectivity index (χ0v) is 18.9. The summed E-state index contributed by atoms with van der Waals surface area (Å²) in [7, 11) is 0. The summed E-state index contributed by atoms with van der Waals surface area (Å²) in [5.74, 6) is -2.23. The fourth-order valence-corrected chi connectivity index (χ4v) is 4.45. The van der Waals surface area contributed by atoms with Crippen LogP contribution in [0.3, 0.4) is 0 Å². The maximum Gasteiger partial charge on any atom is 0.328 e. The Kier molecular flexibility index (Phi) is 8.82. The van der Waals surface area contributed by atoms with Gasteiger partial charge in [0.25, 0.3) is 0 Å². The summed E-state index contributed by atoms with van der Waals surface area (Å²) in [6.07, 6.45) is 7.70.